The van der Waals surface area contributed by atoms with Crippen LogP contribution in [0, 0.1) is 23.3 Å². The first-order valence-corrected chi connectivity index (χ1v) is 21.3. The lowest BCUT2D eigenvalue weighted by Crippen LogP contribution is -2.37. The second-order valence-electron chi connectivity index (χ2n) is 16.3. The van der Waals surface area contributed by atoms with Crippen LogP contribution in [-0.2, 0) is 19.7 Å². The monoisotopic (exact) mass is 896 g/mol. The van der Waals surface area contributed by atoms with Crippen molar-refractivity contribution in [3.63, 3.8) is 0 Å². The van der Waals surface area contributed by atoms with E-state index < -0.39 is 57.6 Å². The number of halogens is 4. The van der Waals surface area contributed by atoms with Gasteiger partial charge in [0.05, 0.1) is 0 Å². The number of hydrogen-bond acceptors (Lipinski definition) is 8. The van der Waals surface area contributed by atoms with E-state index in [9.17, 15) is 51.4 Å². The van der Waals surface area contributed by atoms with Crippen LogP contribution in [-0.4, -0.2) is 73.8 Å². The average molecular weight is 897 g/mol. The summed E-state index contributed by atoms with van der Waals surface area (Å²) in [7, 11) is 0. The molecule has 65 heavy (non-hydrogen) atoms. The Morgan fingerprint density at radius 3 is 1.65 bits per heavy atom. The Hall–Kier alpha value is -7.24. The fraction of sp³-hybridized carbons (Fsp3) is 0.319. The first kappa shape index (κ1) is 44.4. The highest BCUT2D eigenvalue weighted by molar-refractivity contribution is 6.00. The van der Waals surface area contributed by atoms with Gasteiger partial charge in [-0.3, -0.25) is 28.8 Å². The molecule has 2 fully saturated rings. The summed E-state index contributed by atoms with van der Waals surface area (Å²) < 4.78 is 63.2. The topological polar surface area (TPSA) is 172 Å². The van der Waals surface area contributed by atoms with Crippen LogP contribution in [0.5, 0.6) is 11.5 Å². The second-order valence-corrected chi connectivity index (χ2v) is 16.3. The molecule has 0 saturated carbocycles. The predicted molar refractivity (Wildman–Crippen MR) is 226 cm³/mol. The molecule has 0 spiro atoms. The van der Waals surface area contributed by atoms with Crippen molar-refractivity contribution in [1.29, 1.82) is 0 Å². The van der Waals surface area contributed by atoms with Crippen LogP contribution in [0.3, 0.4) is 0 Å². The van der Waals surface area contributed by atoms with E-state index in [1.807, 2.05) is 30.3 Å². The minimum Gasteiger partial charge on any atom is -0.503 e. The molecule has 0 aliphatic carbocycles. The number of aromatic nitrogens is 2. The zero-order chi connectivity index (χ0) is 45.9. The molecule has 4 aliphatic heterocycles. The van der Waals surface area contributed by atoms with E-state index in [-0.39, 0.29) is 77.1 Å². The number of nitrogens with one attached hydrogen (secondary N) is 2. The third-order valence-corrected chi connectivity index (χ3v) is 12.2. The molecule has 9 rings (SSSR count). The molecule has 3 aromatic carbocycles. The van der Waals surface area contributed by atoms with E-state index >= 15 is 0 Å². The van der Waals surface area contributed by atoms with Gasteiger partial charge in [0.25, 0.3) is 23.6 Å². The van der Waals surface area contributed by atoms with Crippen molar-refractivity contribution >= 4 is 23.6 Å². The lowest BCUT2D eigenvalue weighted by atomic mass is 10.1. The van der Waals surface area contributed by atoms with Crippen molar-refractivity contribution < 1.29 is 46.6 Å². The van der Waals surface area contributed by atoms with Gasteiger partial charge in [-0.15, -0.1) is 0 Å². The summed E-state index contributed by atoms with van der Waals surface area (Å²) in [5, 5.41) is 15.4. The number of carbonyl (C=O) groups is 4. The lowest BCUT2D eigenvalue weighted by Gasteiger charge is -2.26. The van der Waals surface area contributed by atoms with Crippen LogP contribution in [0.15, 0.2) is 88.7 Å². The Kier molecular flexibility index (Phi) is 12.9. The highest BCUT2D eigenvalue weighted by atomic mass is 19.1. The molecule has 5 aromatic rings. The number of rotatable bonds is 9. The van der Waals surface area contributed by atoms with E-state index in [0.29, 0.717) is 45.1 Å². The predicted octanol–water partition coefficient (Wildman–Crippen LogP) is 5.76. The molecule has 6 heterocycles. The number of fused-ring (bicyclic) bond motifs is 10. The lowest BCUT2D eigenvalue weighted by molar-refractivity contribution is 0.0744. The maximum Gasteiger partial charge on any atom is 0.274 e. The van der Waals surface area contributed by atoms with Crippen molar-refractivity contribution in [1.82, 2.24) is 29.6 Å². The van der Waals surface area contributed by atoms with Gasteiger partial charge in [-0.1, -0.05) is 42.5 Å². The van der Waals surface area contributed by atoms with Crippen LogP contribution >= 0.6 is 0 Å². The number of pyridine rings is 2. The van der Waals surface area contributed by atoms with Crippen molar-refractivity contribution in [3.8, 4) is 11.5 Å². The zero-order valence-electron chi connectivity index (χ0n) is 35.0. The van der Waals surface area contributed by atoms with Gasteiger partial charge < -0.3 is 39.4 Å². The van der Waals surface area contributed by atoms with Crippen LogP contribution in [0.2, 0.25) is 0 Å². The fourth-order valence-electron chi connectivity index (χ4n) is 8.70. The summed E-state index contributed by atoms with van der Waals surface area (Å²) in [4.78, 5) is 81.2. The number of hydrogen-bond donors (Lipinski definition) is 3. The summed E-state index contributed by atoms with van der Waals surface area (Å²) in [6.07, 6.45) is 7.21. The Bertz CT molecular complexity index is 2820. The largest absolute Gasteiger partial charge is 0.503 e. The van der Waals surface area contributed by atoms with E-state index in [4.69, 9.17) is 4.74 Å². The number of aromatic hydroxyl groups is 1. The molecule has 3 N–H and O–H groups in total. The van der Waals surface area contributed by atoms with Crippen LogP contribution in [0.1, 0.15) is 109 Å². The first-order valence-electron chi connectivity index (χ1n) is 21.3. The van der Waals surface area contributed by atoms with Gasteiger partial charge in [-0.2, -0.15) is 0 Å². The summed E-state index contributed by atoms with van der Waals surface area (Å²) in [5.41, 5.74) is -1.20. The molecule has 4 aliphatic rings. The maximum atomic E-state index is 14.0. The Morgan fingerprint density at radius 1 is 0.631 bits per heavy atom. The number of amides is 4. The Labute approximate surface area is 369 Å². The highest BCUT2D eigenvalue weighted by Gasteiger charge is 2.37. The minimum atomic E-state index is -0.956. The Balaban J connectivity index is 0.000000181. The van der Waals surface area contributed by atoms with Crippen molar-refractivity contribution in [2.45, 2.75) is 70.3 Å². The molecular formula is C47H44F4N6O8. The molecule has 2 unspecified atom stereocenters. The van der Waals surface area contributed by atoms with Gasteiger partial charge in [-0.25, -0.2) is 17.6 Å². The van der Waals surface area contributed by atoms with E-state index in [1.54, 1.807) is 14.4 Å². The molecule has 4 bridgehead atoms. The highest BCUT2D eigenvalue weighted by Crippen LogP contribution is 2.34. The third-order valence-electron chi connectivity index (χ3n) is 12.2. The van der Waals surface area contributed by atoms with Gasteiger partial charge in [0.1, 0.15) is 41.0 Å². The molecule has 2 aromatic heterocycles. The molecule has 0 radical (unpaired) electrons. The van der Waals surface area contributed by atoms with E-state index in [0.717, 1.165) is 49.4 Å². The van der Waals surface area contributed by atoms with E-state index in [2.05, 4.69) is 10.6 Å². The summed E-state index contributed by atoms with van der Waals surface area (Å²) >= 11 is 0. The summed E-state index contributed by atoms with van der Waals surface area (Å²) in [5.74, 6) is -6.26. The molecule has 2 saturated heterocycles. The number of ether oxygens (including phenoxy) is 1. The smallest absolute Gasteiger partial charge is 0.274 e. The third kappa shape index (κ3) is 9.23. The summed E-state index contributed by atoms with van der Waals surface area (Å²) in [6.45, 7) is 1.80. The maximum absolute atomic E-state index is 14.0. The fourth-order valence-corrected chi connectivity index (χ4v) is 8.70. The molecule has 4 amide bonds. The van der Waals surface area contributed by atoms with Gasteiger partial charge >= 0.3 is 0 Å². The normalized spacial score (nSPS) is 17.4. The van der Waals surface area contributed by atoms with Crippen LogP contribution < -0.4 is 26.2 Å². The van der Waals surface area contributed by atoms with Gasteiger partial charge in [0, 0.05) is 87.0 Å². The molecule has 2 atom stereocenters. The number of nitrogens with zero attached hydrogens (tertiary/aromatic N) is 4. The second kappa shape index (κ2) is 18.8. The summed E-state index contributed by atoms with van der Waals surface area (Å²) in [6, 6.07) is 15.0. The van der Waals surface area contributed by atoms with Crippen molar-refractivity contribution in [3.05, 3.63) is 162 Å². The minimum absolute atomic E-state index is 0.0485. The van der Waals surface area contributed by atoms with Crippen LogP contribution in [0.25, 0.3) is 0 Å². The van der Waals surface area contributed by atoms with Crippen molar-refractivity contribution in [2.75, 3.05) is 26.2 Å². The standard InChI is InChI=1S/C27H25F2N3O4.C20H19F2N3O4/c28-19-9-8-18(22(29)13-19)14-30-26(34)21-15-32-20-7-4-11-31(12-10-20)27(35)23(32)25(24(21)33)36-16-17-5-2-1-3-6-17;21-12-4-3-11(15(22)8-12)9-23-19(28)14-10-25-13-2-1-6-24(7-5-13)20(29)16(25)18(27)17(14)26/h1-3,5-6,8-9,13,15,20H,4,7,10-12,14,16H2,(H,30,34);3-4,8,10,13,27H,1-2,5-7,9H2,(H,23,28). The quantitative estimate of drug-likeness (QED) is 0.157. The molecule has 18 heteroatoms. The molecule has 14 nitrogen and oxygen atoms in total. The zero-order valence-corrected chi connectivity index (χ0v) is 35.0. The molecular weight excluding hydrogens is 853 g/mol. The van der Waals surface area contributed by atoms with Crippen molar-refractivity contribution in [2.24, 2.45) is 0 Å². The van der Waals surface area contributed by atoms with Crippen LogP contribution in [0.4, 0.5) is 17.6 Å². The number of carbonyl (C=O) groups excluding carboxylic acids is 4. The SMILES string of the molecule is O=C(NCc1ccc(F)cc1F)c1cn2c(c(O)c1=O)C(=O)N1CCCC2CC1.O=C(NCc1ccc(F)cc1F)c1cn2c(c(OCc3ccccc3)c1=O)C(=O)N1CCCC2CC1. The van der Waals surface area contributed by atoms with Gasteiger partial charge in [0.15, 0.2) is 22.9 Å². The first-order chi connectivity index (χ1) is 31.3. The van der Waals surface area contributed by atoms with E-state index in [1.165, 1.54) is 29.1 Å². The van der Waals surface area contributed by atoms with Gasteiger partial charge in [-0.05, 0) is 56.2 Å². The molecule has 338 valence electrons. The van der Waals surface area contributed by atoms with Gasteiger partial charge in [0.2, 0.25) is 10.9 Å². The number of benzene rings is 3. The Morgan fingerprint density at radius 2 is 1.12 bits per heavy atom. The average Bonchev–Trinajstić information content (AvgIpc) is 3.79.